The molecule has 4 heterocycles. The number of nitrogens with zero attached hydrogens (tertiary/aromatic N) is 5. The van der Waals surface area contributed by atoms with E-state index in [2.05, 4.69) is 20.4 Å². The number of carbonyl (C=O) groups is 4. The summed E-state index contributed by atoms with van der Waals surface area (Å²) in [7, 11) is 0. The normalized spacial score (nSPS) is 18.0. The summed E-state index contributed by atoms with van der Waals surface area (Å²) < 4.78 is 1.68. The first kappa shape index (κ1) is 30.6. The van der Waals surface area contributed by atoms with E-state index in [9.17, 15) is 24.3 Å². The molecular formula is C25H23N9O7S3. The molecular weight excluding hydrogens is 635 g/mol. The van der Waals surface area contributed by atoms with Crippen LogP contribution in [0.3, 0.4) is 0 Å². The van der Waals surface area contributed by atoms with Crippen molar-refractivity contribution in [1.82, 2.24) is 20.2 Å². The van der Waals surface area contributed by atoms with Gasteiger partial charge in [0.1, 0.15) is 22.8 Å². The second-order valence-corrected chi connectivity index (χ2v) is 12.1. The Hall–Kier alpha value is -4.88. The van der Waals surface area contributed by atoms with Crippen LogP contribution in [-0.2, 0) is 24.0 Å². The van der Waals surface area contributed by atoms with E-state index in [0.717, 1.165) is 21.9 Å². The van der Waals surface area contributed by atoms with E-state index in [1.54, 1.807) is 4.57 Å². The molecule has 19 heteroatoms. The number of aliphatic carboxylic acids is 2. The van der Waals surface area contributed by atoms with E-state index in [-0.39, 0.29) is 33.8 Å². The molecule has 0 bridgehead atoms. The number of carbonyl (C=O) groups excluding carboxylic acids is 3. The maximum absolute atomic E-state index is 13.2. The van der Waals surface area contributed by atoms with Gasteiger partial charge in [-0.2, -0.15) is 4.57 Å². The Kier molecular flexibility index (Phi) is 8.88. The minimum atomic E-state index is -1.55. The quantitative estimate of drug-likeness (QED) is 0.0395. The number of carboxylic acid groups (broad SMARTS) is 2. The summed E-state index contributed by atoms with van der Waals surface area (Å²) in [4.78, 5) is 63.5. The average Bonchev–Trinajstić information content (AvgIpc) is 3.41. The van der Waals surface area contributed by atoms with E-state index >= 15 is 0 Å². The molecule has 44 heavy (non-hydrogen) atoms. The molecule has 5 rings (SSSR count). The van der Waals surface area contributed by atoms with E-state index in [4.69, 9.17) is 27.1 Å². The number of carboxylic acids is 2. The fourth-order valence-electron chi connectivity index (χ4n) is 4.35. The van der Waals surface area contributed by atoms with Gasteiger partial charge in [-0.1, -0.05) is 28.3 Å². The number of hydrogen-bond donors (Lipinski definition) is 5. The molecule has 1 unspecified atom stereocenters. The number of benzene rings is 1. The average molecular weight is 658 g/mol. The predicted molar refractivity (Wildman–Crippen MR) is 159 cm³/mol. The van der Waals surface area contributed by atoms with Crippen molar-refractivity contribution in [2.75, 3.05) is 35.3 Å². The highest BCUT2D eigenvalue weighted by molar-refractivity contribution is 8.01. The molecule has 16 nitrogen and oxygen atoms in total. The van der Waals surface area contributed by atoms with Gasteiger partial charge >= 0.3 is 11.1 Å². The molecule has 1 fully saturated rings. The Balaban J connectivity index is 1.35. The van der Waals surface area contributed by atoms with Crippen LogP contribution in [0.1, 0.15) is 5.69 Å². The third-order valence-electron chi connectivity index (χ3n) is 6.21. The number of thioether (sulfide) groups is 2. The van der Waals surface area contributed by atoms with Crippen molar-refractivity contribution >= 4 is 81.1 Å². The third kappa shape index (κ3) is 6.24. The predicted octanol–water partition coefficient (Wildman–Crippen LogP) is -1.44. The van der Waals surface area contributed by atoms with Gasteiger partial charge in [0, 0.05) is 16.9 Å². The lowest BCUT2D eigenvalue weighted by molar-refractivity contribution is -0.626. The number of rotatable bonds is 11. The second kappa shape index (κ2) is 12.8. The lowest BCUT2D eigenvalue weighted by atomic mass is 10.0. The Morgan fingerprint density at radius 2 is 1.98 bits per heavy atom. The van der Waals surface area contributed by atoms with Crippen LogP contribution in [0.5, 0.6) is 0 Å². The number of nitrogens with one attached hydrogen (secondary N) is 1. The van der Waals surface area contributed by atoms with E-state index in [1.807, 2.05) is 30.3 Å². The zero-order chi connectivity index (χ0) is 31.5. The number of fused-ring (bicyclic) bond motifs is 1. The Morgan fingerprint density at radius 1 is 1.23 bits per heavy atom. The highest BCUT2D eigenvalue weighted by Gasteiger charge is 2.53. The molecule has 8 N–H and O–H groups in total. The lowest BCUT2D eigenvalue weighted by Crippen LogP contribution is -2.71. The van der Waals surface area contributed by atoms with Gasteiger partial charge in [-0.15, -0.1) is 23.1 Å². The van der Waals surface area contributed by atoms with Gasteiger partial charge in [-0.3, -0.25) is 14.5 Å². The van der Waals surface area contributed by atoms with Crippen LogP contribution in [-0.4, -0.2) is 79.0 Å². The van der Waals surface area contributed by atoms with E-state index in [1.165, 1.54) is 35.0 Å². The molecule has 0 radical (unpaired) electrons. The minimum absolute atomic E-state index is 0.00785. The van der Waals surface area contributed by atoms with E-state index < -0.39 is 47.5 Å². The van der Waals surface area contributed by atoms with Gasteiger partial charge < -0.3 is 42.4 Å². The summed E-state index contributed by atoms with van der Waals surface area (Å²) in [5, 5.41) is 28.4. The molecule has 0 saturated carbocycles. The SMILES string of the molecule is Nc1cc(N)[n+](-c2ccccc2)c(SCC2=C(C(=O)[O-])N3C(=O)C(NC(=O)/C(=N\OCC(=O)O)c4csc(N)n4)[C@H]3SC2)n1. The Morgan fingerprint density at radius 3 is 2.64 bits per heavy atom. The van der Waals surface area contributed by atoms with Crippen LogP contribution >= 0.6 is 34.9 Å². The van der Waals surface area contributed by atoms with Gasteiger partial charge in [0.2, 0.25) is 18.2 Å². The first-order valence-electron chi connectivity index (χ1n) is 12.5. The summed E-state index contributed by atoms with van der Waals surface area (Å²) in [5.74, 6) is -3.63. The van der Waals surface area contributed by atoms with Gasteiger partial charge in [-0.05, 0) is 29.5 Å². The van der Waals surface area contributed by atoms with E-state index in [0.29, 0.717) is 16.5 Å². The number of aromatic nitrogens is 3. The fourth-order valence-corrected chi connectivity index (χ4v) is 7.42. The number of β-lactam (4-membered cyclic amide) rings is 1. The van der Waals surface area contributed by atoms with Gasteiger partial charge in [-0.25, -0.2) is 9.78 Å². The van der Waals surface area contributed by atoms with Gasteiger partial charge in [0.15, 0.2) is 10.8 Å². The Bertz CT molecular complexity index is 1710. The number of oxime groups is 1. The summed E-state index contributed by atoms with van der Waals surface area (Å²) >= 11 is 3.44. The first-order chi connectivity index (χ1) is 21.0. The van der Waals surface area contributed by atoms with Crippen LogP contribution < -0.4 is 32.2 Å². The zero-order valence-corrected chi connectivity index (χ0v) is 24.9. The molecule has 3 aromatic rings. The monoisotopic (exact) mass is 657 g/mol. The molecule has 228 valence electrons. The molecule has 0 aliphatic carbocycles. The number of amides is 2. The van der Waals surface area contributed by atoms with Gasteiger partial charge in [0.05, 0.1) is 17.7 Å². The van der Waals surface area contributed by atoms with Crippen LogP contribution in [0.15, 0.2) is 63.4 Å². The van der Waals surface area contributed by atoms with Crippen LogP contribution in [0, 0.1) is 0 Å². The van der Waals surface area contributed by atoms with Crippen LogP contribution in [0.25, 0.3) is 5.69 Å². The molecule has 2 aromatic heterocycles. The zero-order valence-electron chi connectivity index (χ0n) is 22.4. The van der Waals surface area contributed by atoms with Crippen molar-refractivity contribution in [1.29, 1.82) is 0 Å². The summed E-state index contributed by atoms with van der Waals surface area (Å²) in [6.07, 6.45) is 0. The van der Waals surface area contributed by atoms with Crippen molar-refractivity contribution < 1.29 is 38.8 Å². The van der Waals surface area contributed by atoms with Crippen molar-refractivity contribution in [3.8, 4) is 5.69 Å². The largest absolute Gasteiger partial charge is 0.543 e. The first-order valence-corrected chi connectivity index (χ1v) is 15.4. The van der Waals surface area contributed by atoms with Crippen LogP contribution in [0.2, 0.25) is 0 Å². The molecule has 1 saturated heterocycles. The molecule has 1 aromatic carbocycles. The fraction of sp³-hybridized carbons (Fsp3) is 0.200. The van der Waals surface area contributed by atoms with Crippen molar-refractivity contribution in [3.63, 3.8) is 0 Å². The maximum atomic E-state index is 13.2. The second-order valence-electron chi connectivity index (χ2n) is 9.13. The summed E-state index contributed by atoms with van der Waals surface area (Å²) in [6.45, 7) is -0.825. The lowest BCUT2D eigenvalue weighted by Gasteiger charge is -2.50. The molecule has 0 spiro atoms. The summed E-state index contributed by atoms with van der Waals surface area (Å²) in [5.41, 5.74) is 18.2. The number of hydrogen-bond acceptors (Lipinski definition) is 15. The summed E-state index contributed by atoms with van der Waals surface area (Å²) in [6, 6.07) is 9.56. The molecule has 2 aliphatic heterocycles. The molecule has 2 amide bonds. The number of nitrogens with two attached hydrogens (primary N) is 3. The van der Waals surface area contributed by atoms with Gasteiger partial charge in [0.25, 0.3) is 11.8 Å². The third-order valence-corrected chi connectivity index (χ3v) is 9.25. The highest BCUT2D eigenvalue weighted by Crippen LogP contribution is 2.41. The maximum Gasteiger partial charge on any atom is 0.344 e. The molecule has 2 aliphatic rings. The van der Waals surface area contributed by atoms with Crippen LogP contribution in [0.4, 0.5) is 16.8 Å². The van der Waals surface area contributed by atoms with Crippen molar-refractivity contribution in [3.05, 3.63) is 58.7 Å². The van der Waals surface area contributed by atoms with Crippen molar-refractivity contribution in [2.45, 2.75) is 16.6 Å². The Labute approximate surface area is 261 Å². The number of anilines is 3. The van der Waals surface area contributed by atoms with Crippen molar-refractivity contribution in [2.24, 2.45) is 5.16 Å². The molecule has 2 atom stereocenters. The number of nitrogen functional groups attached to an aromatic ring is 3. The smallest absolute Gasteiger partial charge is 0.344 e. The standard InChI is InChI=1S/C25H23N9O7S3/c26-14-6-15(27)33(12-4-2-1-3-5-12)25(30-14)44-9-11-8-42-22-18(21(38)34(22)19(11)23(39)40)31-20(37)17(32-41-7-16(35)36)13-10-43-24(28)29-13/h1-6,10,18,22H,7-9H2,(H8,26,27,28,29,31,35,36,37,39,40)/b32-17-/t18?,22-/m1/s1. The highest BCUT2D eigenvalue weighted by atomic mass is 32.2. The topological polar surface area (TPSA) is 256 Å². The minimum Gasteiger partial charge on any atom is -0.543 e. The number of thiazole rings is 1. The number of para-hydroxylation sites is 1.